The molecule has 0 unspecified atom stereocenters. The van der Waals surface area contributed by atoms with Crippen LogP contribution in [0.1, 0.15) is 36.8 Å². The number of alkyl halides is 2. The SMILES string of the molecule is COc1cc(-c2ccc3c(n2)CN(c2cnn(C(C)(C)C)c2)C3=O)cnc1OC(F)F. The summed E-state index contributed by atoms with van der Waals surface area (Å²) in [5, 5.41) is 4.36. The first kappa shape index (κ1) is 20.7. The molecule has 0 bridgehead atoms. The molecule has 0 fully saturated rings. The lowest BCUT2D eigenvalue weighted by atomic mass is 10.1. The predicted molar refractivity (Wildman–Crippen MR) is 108 cm³/mol. The molecule has 3 aromatic rings. The Labute approximate surface area is 177 Å². The van der Waals surface area contributed by atoms with Crippen molar-refractivity contribution in [2.45, 2.75) is 39.5 Å². The third kappa shape index (κ3) is 3.92. The number of aromatic nitrogens is 4. The molecule has 0 aliphatic carbocycles. The minimum atomic E-state index is -3.01. The van der Waals surface area contributed by atoms with E-state index in [9.17, 15) is 13.6 Å². The van der Waals surface area contributed by atoms with Gasteiger partial charge in [-0.05, 0) is 39.0 Å². The summed E-state index contributed by atoms with van der Waals surface area (Å²) in [5.74, 6) is -0.397. The number of nitrogens with zero attached hydrogens (tertiary/aromatic N) is 5. The van der Waals surface area contributed by atoms with Gasteiger partial charge in [0.05, 0.1) is 48.0 Å². The van der Waals surface area contributed by atoms with Gasteiger partial charge in [-0.2, -0.15) is 13.9 Å². The van der Waals surface area contributed by atoms with Gasteiger partial charge in [0.25, 0.3) is 11.8 Å². The first-order valence-corrected chi connectivity index (χ1v) is 9.53. The van der Waals surface area contributed by atoms with Gasteiger partial charge in [-0.1, -0.05) is 0 Å². The topological polar surface area (TPSA) is 82.4 Å². The van der Waals surface area contributed by atoms with Gasteiger partial charge in [0, 0.05) is 18.0 Å². The van der Waals surface area contributed by atoms with Crippen LogP contribution in [-0.4, -0.2) is 39.4 Å². The van der Waals surface area contributed by atoms with Gasteiger partial charge in [0.2, 0.25) is 0 Å². The Balaban J connectivity index is 1.62. The lowest BCUT2D eigenvalue weighted by Gasteiger charge is -2.19. The standard InChI is InChI=1S/C21H21F2N5O3/c1-21(2,3)28-10-13(9-25-28)27-11-16-14(19(27)29)5-6-15(26-16)12-7-17(30-4)18(24-8-12)31-20(22)23/h5-10,20H,11H2,1-4H3. The molecule has 0 spiro atoms. The Hall–Kier alpha value is -3.56. The minimum Gasteiger partial charge on any atom is -0.491 e. The number of hydrogen-bond acceptors (Lipinski definition) is 6. The van der Waals surface area contributed by atoms with Crippen LogP contribution in [0.5, 0.6) is 11.6 Å². The van der Waals surface area contributed by atoms with Gasteiger partial charge in [-0.15, -0.1) is 0 Å². The lowest BCUT2D eigenvalue weighted by molar-refractivity contribution is -0.0543. The molecule has 0 aromatic carbocycles. The quantitative estimate of drug-likeness (QED) is 0.613. The monoisotopic (exact) mass is 429 g/mol. The number of methoxy groups -OCH3 is 1. The van der Waals surface area contributed by atoms with Gasteiger partial charge in [-0.25, -0.2) is 4.98 Å². The second-order valence-corrected chi connectivity index (χ2v) is 8.01. The highest BCUT2D eigenvalue weighted by Crippen LogP contribution is 2.33. The number of pyridine rings is 2. The largest absolute Gasteiger partial charge is 0.491 e. The normalized spacial score (nSPS) is 13.6. The molecule has 31 heavy (non-hydrogen) atoms. The number of anilines is 1. The van der Waals surface area contributed by atoms with Gasteiger partial charge in [0.15, 0.2) is 5.75 Å². The van der Waals surface area contributed by atoms with E-state index in [1.165, 1.54) is 19.4 Å². The van der Waals surface area contributed by atoms with Crippen molar-refractivity contribution in [3.8, 4) is 22.9 Å². The molecular weight excluding hydrogens is 408 g/mol. The molecule has 1 aliphatic heterocycles. The second-order valence-electron chi connectivity index (χ2n) is 8.01. The van der Waals surface area contributed by atoms with Crippen LogP contribution in [-0.2, 0) is 12.1 Å². The Kier molecular flexibility index (Phi) is 5.08. The van der Waals surface area contributed by atoms with Crippen molar-refractivity contribution in [1.82, 2.24) is 19.7 Å². The van der Waals surface area contributed by atoms with Crippen LogP contribution < -0.4 is 14.4 Å². The molecule has 0 N–H and O–H groups in total. The van der Waals surface area contributed by atoms with Crippen LogP contribution in [0.15, 0.2) is 36.8 Å². The predicted octanol–water partition coefficient (Wildman–Crippen LogP) is 3.87. The van der Waals surface area contributed by atoms with Crippen molar-refractivity contribution >= 4 is 11.6 Å². The minimum absolute atomic E-state index is 0.0624. The average Bonchev–Trinajstić information content (AvgIpc) is 3.32. The maximum Gasteiger partial charge on any atom is 0.388 e. The summed E-state index contributed by atoms with van der Waals surface area (Å²) in [4.78, 5) is 23.0. The maximum atomic E-state index is 12.9. The molecule has 0 saturated carbocycles. The number of ether oxygens (including phenoxy) is 2. The Morgan fingerprint density at radius 1 is 1.19 bits per heavy atom. The zero-order chi connectivity index (χ0) is 22.3. The molecule has 8 nitrogen and oxygen atoms in total. The molecule has 0 atom stereocenters. The zero-order valence-corrected chi connectivity index (χ0v) is 17.5. The first-order chi connectivity index (χ1) is 14.7. The van der Waals surface area contributed by atoms with E-state index in [0.717, 1.165) is 0 Å². The number of amides is 1. The summed E-state index contributed by atoms with van der Waals surface area (Å²) in [6.07, 6.45) is 4.87. The maximum absolute atomic E-state index is 12.9. The summed E-state index contributed by atoms with van der Waals surface area (Å²) < 4.78 is 36.3. The summed E-state index contributed by atoms with van der Waals surface area (Å²) in [6.45, 7) is 3.37. The second kappa shape index (κ2) is 7.60. The highest BCUT2D eigenvalue weighted by molar-refractivity contribution is 6.09. The fourth-order valence-electron chi connectivity index (χ4n) is 3.26. The van der Waals surface area contributed by atoms with E-state index in [-0.39, 0.29) is 23.1 Å². The summed E-state index contributed by atoms with van der Waals surface area (Å²) in [7, 11) is 1.34. The molecular formula is C21H21F2N5O3. The molecule has 3 aromatic heterocycles. The van der Waals surface area contributed by atoms with Crippen molar-refractivity contribution in [1.29, 1.82) is 0 Å². The Morgan fingerprint density at radius 2 is 1.97 bits per heavy atom. The van der Waals surface area contributed by atoms with Crippen LogP contribution in [0, 0.1) is 0 Å². The number of halogens is 2. The van der Waals surface area contributed by atoms with E-state index in [1.54, 1.807) is 27.9 Å². The van der Waals surface area contributed by atoms with Crippen LogP contribution in [0.2, 0.25) is 0 Å². The summed E-state index contributed by atoms with van der Waals surface area (Å²) in [5.41, 5.74) is 2.69. The van der Waals surface area contributed by atoms with Crippen LogP contribution in [0.3, 0.4) is 0 Å². The summed E-state index contributed by atoms with van der Waals surface area (Å²) >= 11 is 0. The molecule has 0 radical (unpaired) electrons. The van der Waals surface area contributed by atoms with Gasteiger partial charge >= 0.3 is 6.61 Å². The lowest BCUT2D eigenvalue weighted by Crippen LogP contribution is -2.24. The average molecular weight is 429 g/mol. The first-order valence-electron chi connectivity index (χ1n) is 9.53. The van der Waals surface area contributed by atoms with Gasteiger partial charge < -0.3 is 9.47 Å². The molecule has 10 heteroatoms. The number of hydrogen-bond donors (Lipinski definition) is 0. The van der Waals surface area contributed by atoms with Crippen molar-refractivity contribution < 1.29 is 23.0 Å². The molecule has 162 valence electrons. The third-order valence-corrected chi connectivity index (χ3v) is 4.86. The zero-order valence-electron chi connectivity index (χ0n) is 17.5. The molecule has 4 heterocycles. The number of carbonyl (C=O) groups excluding carboxylic acids is 1. The fourth-order valence-corrected chi connectivity index (χ4v) is 3.26. The number of rotatable bonds is 5. The molecule has 1 amide bonds. The van der Waals surface area contributed by atoms with Crippen molar-refractivity contribution in [2.24, 2.45) is 0 Å². The van der Waals surface area contributed by atoms with Crippen molar-refractivity contribution in [3.05, 3.63) is 48.0 Å². The van der Waals surface area contributed by atoms with Crippen LogP contribution in [0.4, 0.5) is 14.5 Å². The van der Waals surface area contributed by atoms with Gasteiger partial charge in [0.1, 0.15) is 0 Å². The van der Waals surface area contributed by atoms with E-state index in [1.807, 2.05) is 27.0 Å². The van der Waals surface area contributed by atoms with E-state index in [2.05, 4.69) is 19.8 Å². The molecule has 0 saturated heterocycles. The van der Waals surface area contributed by atoms with E-state index < -0.39 is 6.61 Å². The fraction of sp³-hybridized carbons (Fsp3) is 0.333. The van der Waals surface area contributed by atoms with Crippen molar-refractivity contribution in [3.63, 3.8) is 0 Å². The highest BCUT2D eigenvalue weighted by Gasteiger charge is 2.31. The van der Waals surface area contributed by atoms with Crippen LogP contribution >= 0.6 is 0 Å². The molecule has 1 aliphatic rings. The van der Waals surface area contributed by atoms with Crippen molar-refractivity contribution in [2.75, 3.05) is 12.0 Å². The van der Waals surface area contributed by atoms with E-state index in [0.29, 0.717) is 34.7 Å². The van der Waals surface area contributed by atoms with Crippen LogP contribution in [0.25, 0.3) is 11.3 Å². The van der Waals surface area contributed by atoms with Gasteiger partial charge in [-0.3, -0.25) is 19.4 Å². The number of fused-ring (bicyclic) bond motifs is 1. The summed E-state index contributed by atoms with van der Waals surface area (Å²) in [6, 6.07) is 4.90. The smallest absolute Gasteiger partial charge is 0.388 e. The van der Waals surface area contributed by atoms with E-state index in [4.69, 9.17) is 4.74 Å². The highest BCUT2D eigenvalue weighted by atomic mass is 19.3. The molecule has 4 rings (SSSR count). The van der Waals surface area contributed by atoms with E-state index >= 15 is 0 Å². The third-order valence-electron chi connectivity index (χ3n) is 4.86. The Morgan fingerprint density at radius 3 is 2.61 bits per heavy atom. The number of carbonyl (C=O) groups is 1. The Bertz CT molecular complexity index is 1140.